The molecule has 0 aromatic carbocycles. The molecule has 9 nitrogen and oxygen atoms in total. The van der Waals surface area contributed by atoms with Crippen LogP contribution in [0.1, 0.15) is 258 Å². The highest BCUT2D eigenvalue weighted by molar-refractivity contribution is 7.45. The predicted octanol–water partition coefficient (Wildman–Crippen LogP) is 20.1. The van der Waals surface area contributed by atoms with Gasteiger partial charge in [0, 0.05) is 12.8 Å². The second-order valence-electron chi connectivity index (χ2n) is 22.4. The van der Waals surface area contributed by atoms with Gasteiger partial charge in [-0.3, -0.25) is 14.2 Å². The lowest BCUT2D eigenvalue weighted by Gasteiger charge is -2.28. The summed E-state index contributed by atoms with van der Waals surface area (Å²) in [4.78, 5) is 38.0. The first-order chi connectivity index (χ1) is 39.0. The molecular formula is C70H120NO8P. The van der Waals surface area contributed by atoms with Crippen molar-refractivity contribution in [2.75, 3.05) is 47.5 Å². The fourth-order valence-electron chi connectivity index (χ4n) is 8.59. The minimum absolute atomic E-state index is 0.0365. The molecule has 0 bridgehead atoms. The van der Waals surface area contributed by atoms with Gasteiger partial charge in [-0.25, -0.2) is 0 Å². The van der Waals surface area contributed by atoms with Gasteiger partial charge in [-0.05, 0) is 103 Å². The Kier molecular flexibility index (Phi) is 57.3. The van der Waals surface area contributed by atoms with Crippen molar-refractivity contribution in [2.45, 2.75) is 264 Å². The molecule has 0 heterocycles. The SMILES string of the molecule is CC/C=C\C/C=C\C/C=C\C/C=C\C/C=C\C/C=C\CCCCCCCCCCCCCCCCC(=O)OC(COC(=O)CCCCCCCCCCCC/C=C\C/C=C\C/C=C\C/C=C\CC)COP(=O)([O-])OCC[N+](C)(C)C. The van der Waals surface area contributed by atoms with Gasteiger partial charge >= 0.3 is 11.9 Å². The Morgan fingerprint density at radius 2 is 0.675 bits per heavy atom. The van der Waals surface area contributed by atoms with Crippen LogP contribution in [0.5, 0.6) is 0 Å². The molecule has 0 saturated heterocycles. The van der Waals surface area contributed by atoms with Crippen molar-refractivity contribution in [2.24, 2.45) is 0 Å². The third-order valence-corrected chi connectivity index (χ3v) is 14.4. The second-order valence-corrected chi connectivity index (χ2v) is 23.8. The topological polar surface area (TPSA) is 111 Å². The highest BCUT2D eigenvalue weighted by Crippen LogP contribution is 2.38. The van der Waals surface area contributed by atoms with Crippen LogP contribution in [-0.4, -0.2) is 70.0 Å². The molecule has 0 aromatic rings. The highest BCUT2D eigenvalue weighted by Gasteiger charge is 2.22. The Bertz CT molecular complexity index is 1760. The van der Waals surface area contributed by atoms with Crippen LogP contribution in [0.15, 0.2) is 122 Å². The number of allylic oxidation sites excluding steroid dienone is 20. The molecule has 0 spiro atoms. The van der Waals surface area contributed by atoms with Crippen LogP contribution in [0.4, 0.5) is 0 Å². The van der Waals surface area contributed by atoms with Crippen LogP contribution >= 0.6 is 7.82 Å². The van der Waals surface area contributed by atoms with Crippen molar-refractivity contribution in [3.8, 4) is 0 Å². The first kappa shape index (κ1) is 76.4. The predicted molar refractivity (Wildman–Crippen MR) is 341 cm³/mol. The van der Waals surface area contributed by atoms with E-state index in [1.807, 2.05) is 21.1 Å². The number of phosphoric ester groups is 1. The van der Waals surface area contributed by atoms with Crippen LogP contribution in [0.2, 0.25) is 0 Å². The monoisotopic (exact) mass is 1130 g/mol. The number of esters is 2. The molecule has 0 radical (unpaired) electrons. The van der Waals surface area contributed by atoms with Crippen molar-refractivity contribution >= 4 is 19.8 Å². The van der Waals surface area contributed by atoms with Crippen molar-refractivity contribution in [1.82, 2.24) is 0 Å². The van der Waals surface area contributed by atoms with Crippen molar-refractivity contribution in [3.63, 3.8) is 0 Å². The van der Waals surface area contributed by atoms with Gasteiger partial charge in [0.1, 0.15) is 19.8 Å². The maximum Gasteiger partial charge on any atom is 0.306 e. The van der Waals surface area contributed by atoms with Gasteiger partial charge in [0.2, 0.25) is 0 Å². The fourth-order valence-corrected chi connectivity index (χ4v) is 9.32. The minimum Gasteiger partial charge on any atom is -0.756 e. The average molecular weight is 1130 g/mol. The Labute approximate surface area is 492 Å². The number of carbonyl (C=O) groups excluding carboxylic acids is 2. The summed E-state index contributed by atoms with van der Waals surface area (Å²) in [7, 11) is 1.15. The third-order valence-electron chi connectivity index (χ3n) is 13.5. The van der Waals surface area contributed by atoms with E-state index >= 15 is 0 Å². The van der Waals surface area contributed by atoms with Crippen LogP contribution in [0.3, 0.4) is 0 Å². The molecule has 0 rings (SSSR count). The molecule has 0 aliphatic carbocycles. The summed E-state index contributed by atoms with van der Waals surface area (Å²) in [5.74, 6) is -0.840. The summed E-state index contributed by atoms with van der Waals surface area (Å²) in [6.45, 7) is 4.01. The van der Waals surface area contributed by atoms with E-state index in [4.69, 9.17) is 18.5 Å². The van der Waals surface area contributed by atoms with Gasteiger partial charge in [-0.2, -0.15) is 0 Å². The van der Waals surface area contributed by atoms with Gasteiger partial charge in [0.25, 0.3) is 7.82 Å². The summed E-state index contributed by atoms with van der Waals surface area (Å²) in [6.07, 6.45) is 85.4. The molecule has 10 heteroatoms. The van der Waals surface area contributed by atoms with E-state index in [1.165, 1.54) is 109 Å². The van der Waals surface area contributed by atoms with E-state index in [9.17, 15) is 19.0 Å². The number of carbonyl (C=O) groups is 2. The Hall–Kier alpha value is -3.59. The number of phosphoric acid groups is 1. The van der Waals surface area contributed by atoms with Crippen LogP contribution in [-0.2, 0) is 32.7 Å². The Morgan fingerprint density at radius 1 is 0.388 bits per heavy atom. The number of quaternary nitrogens is 1. The molecule has 80 heavy (non-hydrogen) atoms. The second kappa shape index (κ2) is 60.0. The van der Waals surface area contributed by atoms with E-state index < -0.39 is 26.5 Å². The number of ether oxygens (including phenoxy) is 2. The largest absolute Gasteiger partial charge is 0.756 e. The Balaban J connectivity index is 4.11. The molecule has 2 atom stereocenters. The summed E-state index contributed by atoms with van der Waals surface area (Å²) in [6, 6.07) is 0. The van der Waals surface area contributed by atoms with E-state index in [2.05, 4.69) is 135 Å². The van der Waals surface area contributed by atoms with Crippen molar-refractivity contribution < 1.29 is 42.1 Å². The lowest BCUT2D eigenvalue weighted by atomic mass is 10.0. The summed E-state index contributed by atoms with van der Waals surface area (Å²) in [5, 5.41) is 0. The third kappa shape index (κ3) is 63.6. The molecule has 0 amide bonds. The first-order valence-electron chi connectivity index (χ1n) is 32.2. The normalized spacial score (nSPS) is 14.0. The van der Waals surface area contributed by atoms with Gasteiger partial charge in [-0.1, -0.05) is 264 Å². The molecule has 0 aliphatic heterocycles. The van der Waals surface area contributed by atoms with Crippen LogP contribution in [0, 0.1) is 0 Å². The molecule has 458 valence electrons. The lowest BCUT2D eigenvalue weighted by molar-refractivity contribution is -0.870. The molecule has 0 N–H and O–H groups in total. The maximum absolute atomic E-state index is 12.8. The quantitative estimate of drug-likeness (QED) is 0.0195. The van der Waals surface area contributed by atoms with E-state index in [0.29, 0.717) is 17.4 Å². The number of unbranched alkanes of at least 4 members (excludes halogenated alkanes) is 24. The van der Waals surface area contributed by atoms with E-state index in [1.54, 1.807) is 0 Å². The maximum atomic E-state index is 12.8. The molecule has 0 aromatic heterocycles. The lowest BCUT2D eigenvalue weighted by Crippen LogP contribution is -2.37. The molecule has 0 saturated carbocycles. The van der Waals surface area contributed by atoms with Crippen molar-refractivity contribution in [1.29, 1.82) is 0 Å². The highest BCUT2D eigenvalue weighted by atomic mass is 31.2. The zero-order valence-electron chi connectivity index (χ0n) is 52.0. The number of likely N-dealkylation sites (N-methyl/N-ethyl adjacent to an activating group) is 1. The van der Waals surface area contributed by atoms with Crippen molar-refractivity contribution in [3.05, 3.63) is 122 Å². The zero-order valence-corrected chi connectivity index (χ0v) is 52.9. The smallest absolute Gasteiger partial charge is 0.306 e. The molecule has 2 unspecified atom stereocenters. The summed E-state index contributed by atoms with van der Waals surface area (Å²) < 4.78 is 34.3. The Morgan fingerprint density at radius 3 is 1.00 bits per heavy atom. The number of hydrogen-bond acceptors (Lipinski definition) is 8. The van der Waals surface area contributed by atoms with Gasteiger partial charge in [-0.15, -0.1) is 0 Å². The fraction of sp³-hybridized carbons (Fsp3) is 0.686. The van der Waals surface area contributed by atoms with Crippen LogP contribution < -0.4 is 4.89 Å². The number of nitrogens with zero attached hydrogens (tertiary/aromatic N) is 1. The van der Waals surface area contributed by atoms with E-state index in [0.717, 1.165) is 116 Å². The van der Waals surface area contributed by atoms with Gasteiger partial charge < -0.3 is 27.9 Å². The minimum atomic E-state index is -4.65. The zero-order chi connectivity index (χ0) is 58.4. The van der Waals surface area contributed by atoms with Gasteiger partial charge in [0.15, 0.2) is 6.10 Å². The number of hydrogen-bond donors (Lipinski definition) is 0. The van der Waals surface area contributed by atoms with Crippen LogP contribution in [0.25, 0.3) is 0 Å². The summed E-state index contributed by atoms with van der Waals surface area (Å²) in [5.41, 5.74) is 0. The summed E-state index contributed by atoms with van der Waals surface area (Å²) >= 11 is 0. The molecule has 0 fully saturated rings. The average Bonchev–Trinajstić information content (AvgIpc) is 3.42. The van der Waals surface area contributed by atoms with Gasteiger partial charge in [0.05, 0.1) is 27.7 Å². The standard InChI is InChI=1S/C70H120NO8P/c1-6-8-10-12-14-16-18-20-22-24-26-28-30-31-32-33-34-35-36-37-38-39-41-43-45-47-49-51-53-55-57-59-61-63-70(73)79-68(67-78-80(74,75)77-65-64-71(3,4)5)66-76-69(72)62-60-58-56-54-52-50-48-46-44-42-40-29-27-25-23-21-19-17-15-13-11-9-7-2/h8-11,14-17,20-23,26-29,31-32,34-35,68H,6-7,12-13,18-19,24-25,30,33,36-67H2,1-5H3/b10-8-,11-9-,16-14-,17-15-,22-20-,23-21-,28-26-,29-27-,32-31-,35-34-. The molecule has 0 aliphatic rings. The first-order valence-corrected chi connectivity index (χ1v) is 33.7. The molecular weight excluding hydrogens is 1010 g/mol. The van der Waals surface area contributed by atoms with E-state index in [-0.39, 0.29) is 32.0 Å². The number of rotatable bonds is 58.